The molecule has 2 aromatic carbocycles. The Labute approximate surface area is 207 Å². The van der Waals surface area contributed by atoms with E-state index in [1.165, 1.54) is 18.3 Å². The number of nitrogens with zero attached hydrogens (tertiary/aromatic N) is 2. The first-order valence-corrected chi connectivity index (χ1v) is 11.0. The number of amidine groups is 1. The van der Waals surface area contributed by atoms with E-state index in [-0.39, 0.29) is 27.8 Å². The monoisotopic (exact) mass is 499 g/mol. The van der Waals surface area contributed by atoms with E-state index in [9.17, 15) is 9.59 Å². The van der Waals surface area contributed by atoms with E-state index in [0.717, 1.165) is 0 Å². The van der Waals surface area contributed by atoms with Gasteiger partial charge < -0.3 is 20.3 Å². The summed E-state index contributed by atoms with van der Waals surface area (Å²) in [4.78, 5) is 31.8. The first-order chi connectivity index (χ1) is 16.2. The highest BCUT2D eigenvalue weighted by atomic mass is 35.5. The fourth-order valence-electron chi connectivity index (χ4n) is 3.02. The van der Waals surface area contributed by atoms with Gasteiger partial charge in [-0.05, 0) is 37.3 Å². The van der Waals surface area contributed by atoms with Gasteiger partial charge in [-0.15, -0.1) is 0 Å². The van der Waals surface area contributed by atoms with Crippen molar-refractivity contribution in [3.05, 3.63) is 81.5 Å². The maximum absolute atomic E-state index is 13.1. The van der Waals surface area contributed by atoms with Gasteiger partial charge in [0.25, 0.3) is 11.8 Å². The van der Waals surface area contributed by atoms with Gasteiger partial charge >= 0.3 is 0 Å². The van der Waals surface area contributed by atoms with E-state index >= 15 is 0 Å². The van der Waals surface area contributed by atoms with Crippen molar-refractivity contribution in [2.24, 2.45) is 0 Å². The molecule has 0 spiro atoms. The summed E-state index contributed by atoms with van der Waals surface area (Å²) in [6.45, 7) is 2.08. The third-order valence-electron chi connectivity index (χ3n) is 4.69. The topological polar surface area (TPSA) is 107 Å². The van der Waals surface area contributed by atoms with Gasteiger partial charge in [0.15, 0.2) is 0 Å². The number of carbonyl (C=O) groups excluding carboxylic acids is 2. The van der Waals surface area contributed by atoms with Crippen LogP contribution in [0.25, 0.3) is 0 Å². The highest BCUT2D eigenvalue weighted by Crippen LogP contribution is 2.34. The summed E-state index contributed by atoms with van der Waals surface area (Å²) >= 11 is 12.1. The van der Waals surface area contributed by atoms with Gasteiger partial charge in [0, 0.05) is 42.5 Å². The van der Waals surface area contributed by atoms with Crippen LogP contribution in [0.5, 0.6) is 5.75 Å². The molecule has 1 aromatic heterocycles. The summed E-state index contributed by atoms with van der Waals surface area (Å²) < 4.78 is 5.64. The van der Waals surface area contributed by atoms with Gasteiger partial charge in [-0.3, -0.25) is 15.0 Å². The van der Waals surface area contributed by atoms with Crippen LogP contribution in [0.2, 0.25) is 10.0 Å². The minimum Gasteiger partial charge on any atom is -0.492 e. The molecule has 34 heavy (non-hydrogen) atoms. The molecule has 0 aliphatic heterocycles. The number of pyridine rings is 1. The Hall–Kier alpha value is -3.62. The Kier molecular flexibility index (Phi) is 8.09. The van der Waals surface area contributed by atoms with E-state index in [0.29, 0.717) is 28.6 Å². The van der Waals surface area contributed by atoms with Crippen molar-refractivity contribution in [2.45, 2.75) is 6.92 Å². The van der Waals surface area contributed by atoms with Crippen LogP contribution in [-0.2, 0) is 0 Å². The van der Waals surface area contributed by atoms with E-state index in [1.807, 2.05) is 0 Å². The second-order valence-electron chi connectivity index (χ2n) is 7.35. The number of rotatable bonds is 7. The number of carbonyl (C=O) groups is 2. The molecule has 2 amide bonds. The Morgan fingerprint density at radius 1 is 0.971 bits per heavy atom. The fourth-order valence-corrected chi connectivity index (χ4v) is 3.34. The molecule has 1 heterocycles. The van der Waals surface area contributed by atoms with Gasteiger partial charge in [0.1, 0.15) is 17.4 Å². The fraction of sp³-hybridized carbons (Fsp3) is 0.167. The summed E-state index contributed by atoms with van der Waals surface area (Å²) in [5.41, 5.74) is 1.29. The molecule has 10 heteroatoms. The summed E-state index contributed by atoms with van der Waals surface area (Å²) in [5, 5.41) is 14.2. The van der Waals surface area contributed by atoms with Gasteiger partial charge in [-0.2, -0.15) is 0 Å². The van der Waals surface area contributed by atoms with Gasteiger partial charge in [-0.1, -0.05) is 35.3 Å². The third kappa shape index (κ3) is 6.03. The van der Waals surface area contributed by atoms with Crippen molar-refractivity contribution in [2.75, 3.05) is 31.3 Å². The zero-order chi connectivity index (χ0) is 24.8. The summed E-state index contributed by atoms with van der Waals surface area (Å²) in [6, 6.07) is 12.7. The molecule has 3 rings (SSSR count). The molecule has 0 saturated heterocycles. The molecular weight excluding hydrogens is 477 g/mol. The number of halogens is 2. The predicted octanol–water partition coefficient (Wildman–Crippen LogP) is 5.18. The molecule has 0 unspecified atom stereocenters. The van der Waals surface area contributed by atoms with Crippen molar-refractivity contribution in [3.63, 3.8) is 0 Å². The molecule has 3 N–H and O–H groups in total. The summed E-state index contributed by atoms with van der Waals surface area (Å²) in [5.74, 6) is -0.140. The number of ether oxygens (including phenoxy) is 1. The van der Waals surface area contributed by atoms with Gasteiger partial charge in [0.05, 0.1) is 22.9 Å². The van der Waals surface area contributed by atoms with Crippen molar-refractivity contribution >= 4 is 52.4 Å². The average Bonchev–Trinajstić information content (AvgIpc) is 2.81. The van der Waals surface area contributed by atoms with Crippen LogP contribution in [0.1, 0.15) is 33.2 Å². The van der Waals surface area contributed by atoms with Crippen LogP contribution in [0.3, 0.4) is 0 Å². The molecule has 0 atom stereocenters. The third-order valence-corrected chi connectivity index (χ3v) is 5.13. The van der Waals surface area contributed by atoms with E-state index in [2.05, 4.69) is 15.6 Å². The first kappa shape index (κ1) is 25.0. The highest BCUT2D eigenvalue weighted by molar-refractivity contribution is 6.32. The second kappa shape index (κ2) is 11.0. The van der Waals surface area contributed by atoms with Crippen molar-refractivity contribution in [1.29, 1.82) is 5.41 Å². The minimum atomic E-state index is -0.539. The number of nitrogens with one attached hydrogen (secondary N) is 3. The van der Waals surface area contributed by atoms with Crippen molar-refractivity contribution in [1.82, 2.24) is 9.88 Å². The SMILES string of the molecule is CCOc1cc(Cl)cc(C(=O)Nc2ccc(Cl)cn2)c1NC(=O)c1ccc(C(=N)N(C)C)cc1. The van der Waals surface area contributed by atoms with E-state index in [4.69, 9.17) is 33.3 Å². The highest BCUT2D eigenvalue weighted by Gasteiger charge is 2.21. The predicted molar refractivity (Wildman–Crippen MR) is 135 cm³/mol. The standard InChI is InChI=1S/C24H23Cl2N5O3/c1-4-34-19-12-17(26)11-18(24(33)29-20-10-9-16(25)13-28-20)21(19)30-23(32)15-7-5-14(6-8-15)22(27)31(2)3/h5-13,27H,4H2,1-3H3,(H,30,32)(H,28,29,33). The molecule has 0 fully saturated rings. The van der Waals surface area contributed by atoms with Crippen molar-refractivity contribution < 1.29 is 14.3 Å². The average molecular weight is 500 g/mol. The van der Waals surface area contributed by atoms with Crippen molar-refractivity contribution in [3.8, 4) is 5.75 Å². The Bertz CT molecular complexity index is 1210. The molecule has 0 saturated carbocycles. The number of benzene rings is 2. The van der Waals surface area contributed by atoms with Gasteiger partial charge in [0.2, 0.25) is 0 Å². The lowest BCUT2D eigenvalue weighted by atomic mass is 10.1. The normalized spacial score (nSPS) is 10.4. The molecule has 0 aliphatic carbocycles. The first-order valence-electron chi connectivity index (χ1n) is 10.3. The van der Waals surface area contributed by atoms with Crippen LogP contribution in [0.4, 0.5) is 11.5 Å². The van der Waals surface area contributed by atoms with Crippen LogP contribution in [0.15, 0.2) is 54.7 Å². The molecular formula is C24H23Cl2N5O3. The lowest BCUT2D eigenvalue weighted by molar-refractivity contribution is 0.102. The van der Waals surface area contributed by atoms with Crippen LogP contribution >= 0.6 is 23.2 Å². The quantitative estimate of drug-likeness (QED) is 0.306. The number of amides is 2. The Balaban J connectivity index is 1.92. The van der Waals surface area contributed by atoms with E-state index in [1.54, 1.807) is 62.3 Å². The van der Waals surface area contributed by atoms with Crippen LogP contribution < -0.4 is 15.4 Å². The lowest BCUT2D eigenvalue weighted by Gasteiger charge is -2.17. The zero-order valence-electron chi connectivity index (χ0n) is 18.8. The number of hydrogen-bond acceptors (Lipinski definition) is 5. The molecule has 0 bridgehead atoms. The molecule has 3 aromatic rings. The molecule has 0 aliphatic rings. The summed E-state index contributed by atoms with van der Waals surface area (Å²) in [6.07, 6.45) is 1.41. The number of hydrogen-bond donors (Lipinski definition) is 3. The minimum absolute atomic E-state index is 0.104. The maximum atomic E-state index is 13.1. The van der Waals surface area contributed by atoms with E-state index < -0.39 is 11.8 Å². The molecule has 176 valence electrons. The number of anilines is 2. The maximum Gasteiger partial charge on any atom is 0.259 e. The second-order valence-corrected chi connectivity index (χ2v) is 8.22. The summed E-state index contributed by atoms with van der Waals surface area (Å²) in [7, 11) is 3.54. The van der Waals surface area contributed by atoms with Crippen LogP contribution in [0, 0.1) is 5.41 Å². The lowest BCUT2D eigenvalue weighted by Crippen LogP contribution is -2.22. The zero-order valence-corrected chi connectivity index (χ0v) is 20.3. The Morgan fingerprint density at radius 2 is 1.65 bits per heavy atom. The smallest absolute Gasteiger partial charge is 0.259 e. The molecule has 0 radical (unpaired) electrons. The van der Waals surface area contributed by atoms with Crippen LogP contribution in [-0.4, -0.2) is 48.2 Å². The molecule has 8 nitrogen and oxygen atoms in total. The van der Waals surface area contributed by atoms with Gasteiger partial charge in [-0.25, -0.2) is 4.98 Å². The Morgan fingerprint density at radius 3 is 2.24 bits per heavy atom. The largest absolute Gasteiger partial charge is 0.492 e. The number of aromatic nitrogens is 1.